The van der Waals surface area contributed by atoms with E-state index in [-0.39, 0.29) is 0 Å². The molecule has 3 nitrogen and oxygen atoms in total. The molecule has 0 spiro atoms. The van der Waals surface area contributed by atoms with Gasteiger partial charge in [-0.25, -0.2) is 4.98 Å². The van der Waals surface area contributed by atoms with Crippen LogP contribution < -0.4 is 5.73 Å². The van der Waals surface area contributed by atoms with Crippen molar-refractivity contribution in [1.29, 1.82) is 0 Å². The number of pyridine rings is 1. The van der Waals surface area contributed by atoms with Gasteiger partial charge in [0.25, 0.3) is 0 Å². The molecule has 0 aliphatic heterocycles. The fourth-order valence-corrected chi connectivity index (χ4v) is 2.26. The highest BCUT2D eigenvalue weighted by Gasteiger charge is 2.06. The average Bonchev–Trinajstić information content (AvgIpc) is 2.73. The molecule has 0 saturated heterocycles. The van der Waals surface area contributed by atoms with Crippen LogP contribution in [0, 0.1) is 6.92 Å². The second kappa shape index (κ2) is 3.86. The standard InChI is InChI=1S/C14H15N3/c1-10-2-3-11-5-7-17-12(4-6-15)9-16-14(17)13(11)8-10/h2-3,5,7-9H,4,6,15H2,1H3. The van der Waals surface area contributed by atoms with E-state index in [1.807, 2.05) is 6.20 Å². The first-order chi connectivity index (χ1) is 8.29. The molecule has 17 heavy (non-hydrogen) atoms. The van der Waals surface area contributed by atoms with Crippen molar-refractivity contribution < 1.29 is 0 Å². The van der Waals surface area contributed by atoms with Crippen molar-refractivity contribution in [2.75, 3.05) is 6.54 Å². The van der Waals surface area contributed by atoms with Gasteiger partial charge < -0.3 is 10.1 Å². The monoisotopic (exact) mass is 225 g/mol. The van der Waals surface area contributed by atoms with E-state index < -0.39 is 0 Å². The predicted octanol–water partition coefficient (Wildman–Crippen LogP) is 2.30. The zero-order chi connectivity index (χ0) is 11.8. The number of imidazole rings is 1. The maximum atomic E-state index is 5.61. The maximum Gasteiger partial charge on any atom is 0.144 e. The summed E-state index contributed by atoms with van der Waals surface area (Å²) in [4.78, 5) is 4.51. The first kappa shape index (κ1) is 10.3. The highest BCUT2D eigenvalue weighted by atomic mass is 15.0. The molecule has 2 aromatic heterocycles. The zero-order valence-corrected chi connectivity index (χ0v) is 9.85. The summed E-state index contributed by atoms with van der Waals surface area (Å²) in [7, 11) is 0. The molecule has 0 aliphatic rings. The van der Waals surface area contributed by atoms with Crippen LogP contribution in [0.3, 0.4) is 0 Å². The number of aryl methyl sites for hydroxylation is 1. The Balaban J connectivity index is 2.36. The van der Waals surface area contributed by atoms with Gasteiger partial charge in [0.05, 0.1) is 0 Å². The first-order valence-corrected chi connectivity index (χ1v) is 5.85. The van der Waals surface area contributed by atoms with Gasteiger partial charge in [-0.1, -0.05) is 17.7 Å². The second-order valence-electron chi connectivity index (χ2n) is 4.39. The molecule has 2 heterocycles. The van der Waals surface area contributed by atoms with Gasteiger partial charge in [-0.2, -0.15) is 0 Å². The van der Waals surface area contributed by atoms with Crippen molar-refractivity contribution in [1.82, 2.24) is 9.38 Å². The maximum absolute atomic E-state index is 5.61. The summed E-state index contributed by atoms with van der Waals surface area (Å²) in [6.07, 6.45) is 4.85. The molecule has 0 bridgehead atoms. The number of aromatic nitrogens is 2. The highest BCUT2D eigenvalue weighted by Crippen LogP contribution is 2.21. The Labute approximate surface area is 99.9 Å². The predicted molar refractivity (Wildman–Crippen MR) is 70.2 cm³/mol. The number of hydrogen-bond acceptors (Lipinski definition) is 2. The Morgan fingerprint density at radius 3 is 3.00 bits per heavy atom. The SMILES string of the molecule is Cc1ccc2ccn3c(CCN)cnc3c2c1. The largest absolute Gasteiger partial charge is 0.330 e. The first-order valence-electron chi connectivity index (χ1n) is 5.85. The summed E-state index contributed by atoms with van der Waals surface area (Å²) in [5.74, 6) is 0. The summed E-state index contributed by atoms with van der Waals surface area (Å²) in [6.45, 7) is 2.76. The lowest BCUT2D eigenvalue weighted by atomic mass is 10.1. The van der Waals surface area contributed by atoms with E-state index in [0.29, 0.717) is 6.54 Å². The fourth-order valence-electron chi connectivity index (χ4n) is 2.26. The molecule has 1 aromatic carbocycles. The van der Waals surface area contributed by atoms with Crippen molar-refractivity contribution in [2.24, 2.45) is 5.73 Å². The van der Waals surface area contributed by atoms with E-state index in [4.69, 9.17) is 5.73 Å². The minimum Gasteiger partial charge on any atom is -0.330 e. The Kier molecular flexibility index (Phi) is 2.34. The molecule has 2 N–H and O–H groups in total. The van der Waals surface area contributed by atoms with Crippen molar-refractivity contribution >= 4 is 16.4 Å². The van der Waals surface area contributed by atoms with Crippen LogP contribution in [0.5, 0.6) is 0 Å². The third-order valence-electron chi connectivity index (χ3n) is 3.13. The molecule has 0 atom stereocenters. The van der Waals surface area contributed by atoms with E-state index in [1.54, 1.807) is 0 Å². The molecule has 0 amide bonds. The lowest BCUT2D eigenvalue weighted by Crippen LogP contribution is -2.04. The number of hydrogen-bond donors (Lipinski definition) is 1. The van der Waals surface area contributed by atoms with Gasteiger partial charge in [-0.3, -0.25) is 0 Å². The molecule has 3 rings (SSSR count). The highest BCUT2D eigenvalue weighted by molar-refractivity contribution is 5.94. The Morgan fingerprint density at radius 1 is 1.29 bits per heavy atom. The minimum atomic E-state index is 0.652. The van der Waals surface area contributed by atoms with E-state index in [0.717, 1.165) is 12.1 Å². The van der Waals surface area contributed by atoms with Gasteiger partial charge in [0, 0.05) is 29.9 Å². The van der Waals surface area contributed by atoms with Crippen LogP contribution in [0.25, 0.3) is 16.4 Å². The van der Waals surface area contributed by atoms with Gasteiger partial charge >= 0.3 is 0 Å². The van der Waals surface area contributed by atoms with Crippen molar-refractivity contribution in [3.8, 4) is 0 Å². The Hall–Kier alpha value is -1.87. The topological polar surface area (TPSA) is 43.3 Å². The summed E-state index contributed by atoms with van der Waals surface area (Å²) in [5, 5.41) is 2.43. The van der Waals surface area contributed by atoms with E-state index in [9.17, 15) is 0 Å². The van der Waals surface area contributed by atoms with Crippen LogP contribution in [0.15, 0.2) is 36.7 Å². The van der Waals surface area contributed by atoms with Gasteiger partial charge in [0.2, 0.25) is 0 Å². The van der Waals surface area contributed by atoms with Gasteiger partial charge in [0.15, 0.2) is 0 Å². The Bertz CT molecular complexity index is 682. The molecule has 0 fully saturated rings. The molecule has 0 radical (unpaired) electrons. The van der Waals surface area contributed by atoms with Crippen molar-refractivity contribution in [2.45, 2.75) is 13.3 Å². The number of nitrogens with zero attached hydrogens (tertiary/aromatic N) is 2. The van der Waals surface area contributed by atoms with Crippen LogP contribution in [0.2, 0.25) is 0 Å². The second-order valence-corrected chi connectivity index (χ2v) is 4.39. The van der Waals surface area contributed by atoms with E-state index >= 15 is 0 Å². The van der Waals surface area contributed by atoms with Gasteiger partial charge in [-0.15, -0.1) is 0 Å². The smallest absolute Gasteiger partial charge is 0.144 e. The number of fused-ring (bicyclic) bond motifs is 3. The van der Waals surface area contributed by atoms with Crippen LogP contribution in [-0.2, 0) is 6.42 Å². The molecule has 3 aromatic rings. The number of benzene rings is 1. The molecule has 0 unspecified atom stereocenters. The van der Waals surface area contributed by atoms with Gasteiger partial charge in [-0.05, 0) is 31.0 Å². The van der Waals surface area contributed by atoms with E-state index in [2.05, 4.69) is 46.8 Å². The molecule has 0 aliphatic carbocycles. The summed E-state index contributed by atoms with van der Waals surface area (Å²) >= 11 is 0. The lowest BCUT2D eigenvalue weighted by Gasteiger charge is -2.04. The quantitative estimate of drug-likeness (QED) is 0.727. The average molecular weight is 225 g/mol. The number of nitrogens with two attached hydrogens (primary N) is 1. The van der Waals surface area contributed by atoms with Crippen LogP contribution in [0.4, 0.5) is 0 Å². The third kappa shape index (κ3) is 1.59. The lowest BCUT2D eigenvalue weighted by molar-refractivity contribution is 0.906. The summed E-state index contributed by atoms with van der Waals surface area (Å²) in [6, 6.07) is 8.58. The number of rotatable bonds is 2. The Morgan fingerprint density at radius 2 is 2.18 bits per heavy atom. The molecule has 86 valence electrons. The van der Waals surface area contributed by atoms with Crippen LogP contribution in [0.1, 0.15) is 11.3 Å². The van der Waals surface area contributed by atoms with Crippen molar-refractivity contribution in [3.63, 3.8) is 0 Å². The van der Waals surface area contributed by atoms with Crippen LogP contribution in [-0.4, -0.2) is 15.9 Å². The summed E-state index contributed by atoms with van der Waals surface area (Å²) < 4.78 is 2.13. The summed E-state index contributed by atoms with van der Waals surface area (Å²) in [5.41, 5.74) is 9.06. The van der Waals surface area contributed by atoms with Gasteiger partial charge in [0.1, 0.15) is 5.65 Å². The fraction of sp³-hybridized carbons (Fsp3) is 0.214. The molecule has 0 saturated carbocycles. The molecular weight excluding hydrogens is 210 g/mol. The van der Waals surface area contributed by atoms with Crippen LogP contribution >= 0.6 is 0 Å². The normalized spacial score (nSPS) is 11.4. The third-order valence-corrected chi connectivity index (χ3v) is 3.13. The zero-order valence-electron chi connectivity index (χ0n) is 9.85. The molecule has 3 heteroatoms. The van der Waals surface area contributed by atoms with Crippen molar-refractivity contribution in [3.05, 3.63) is 47.9 Å². The van der Waals surface area contributed by atoms with E-state index in [1.165, 1.54) is 22.0 Å². The molecular formula is C14H15N3. The minimum absolute atomic E-state index is 0.652.